The van der Waals surface area contributed by atoms with Gasteiger partial charge in [0, 0.05) is 37.3 Å². The number of hydrogen-bond donors (Lipinski definition) is 1. The van der Waals surface area contributed by atoms with Gasteiger partial charge in [-0.05, 0) is 13.8 Å². The van der Waals surface area contributed by atoms with Crippen LogP contribution in [0.4, 0.5) is 0 Å². The highest BCUT2D eigenvalue weighted by Gasteiger charge is 2.22. The van der Waals surface area contributed by atoms with Crippen LogP contribution in [0.2, 0.25) is 0 Å². The molecule has 3 nitrogen and oxygen atoms in total. The highest BCUT2D eigenvalue weighted by atomic mass is 32.1. The van der Waals surface area contributed by atoms with Crippen molar-refractivity contribution in [2.75, 3.05) is 19.6 Å². The molecule has 1 fully saturated rings. The smallest absolute Gasteiger partial charge is 0.109 e. The summed E-state index contributed by atoms with van der Waals surface area (Å²) in [4.78, 5) is 6.87. The molecule has 1 aromatic heterocycles. The summed E-state index contributed by atoms with van der Waals surface area (Å²) in [6.45, 7) is 7.83. The van der Waals surface area contributed by atoms with E-state index in [1.54, 1.807) is 11.3 Å². The van der Waals surface area contributed by atoms with E-state index in [4.69, 9.17) is 0 Å². The van der Waals surface area contributed by atoms with Gasteiger partial charge in [-0.2, -0.15) is 0 Å². The molecule has 0 radical (unpaired) electrons. The number of aromatic nitrogens is 1. The summed E-state index contributed by atoms with van der Waals surface area (Å²) in [5, 5.41) is 6.74. The van der Waals surface area contributed by atoms with E-state index in [-0.39, 0.29) is 0 Å². The lowest BCUT2D eigenvalue weighted by atomic mass is 10.2. The summed E-state index contributed by atoms with van der Waals surface area (Å²) < 4.78 is 0. The molecule has 0 saturated carbocycles. The van der Waals surface area contributed by atoms with Crippen LogP contribution in [0.25, 0.3) is 0 Å². The normalized spacial score (nSPS) is 26.3. The molecule has 0 aliphatic carbocycles. The van der Waals surface area contributed by atoms with Crippen LogP contribution in [0.3, 0.4) is 0 Å². The molecule has 0 bridgehead atoms. The van der Waals surface area contributed by atoms with Gasteiger partial charge in [0.15, 0.2) is 0 Å². The van der Waals surface area contributed by atoms with Gasteiger partial charge >= 0.3 is 0 Å². The van der Waals surface area contributed by atoms with Crippen LogP contribution in [0.15, 0.2) is 11.6 Å². The molecule has 1 aliphatic rings. The molecule has 0 amide bonds. The maximum absolute atomic E-state index is 4.37. The van der Waals surface area contributed by atoms with Gasteiger partial charge in [-0.1, -0.05) is 0 Å². The third-order valence-electron chi connectivity index (χ3n) is 2.76. The van der Waals surface area contributed by atoms with Gasteiger partial charge in [-0.25, -0.2) is 4.98 Å². The SMILES string of the molecule is C[C@@H]1CN([C@H](C)c2nccs2)CCN1. The summed E-state index contributed by atoms with van der Waals surface area (Å²) in [6.07, 6.45) is 1.89. The van der Waals surface area contributed by atoms with Crippen LogP contribution in [0, 0.1) is 0 Å². The zero-order valence-corrected chi connectivity index (χ0v) is 9.55. The van der Waals surface area contributed by atoms with Gasteiger partial charge in [0.1, 0.15) is 5.01 Å². The Hall–Kier alpha value is -0.450. The first-order valence-electron chi connectivity index (χ1n) is 5.14. The highest BCUT2D eigenvalue weighted by molar-refractivity contribution is 7.09. The maximum Gasteiger partial charge on any atom is 0.109 e. The summed E-state index contributed by atoms with van der Waals surface area (Å²) in [5.41, 5.74) is 0. The van der Waals surface area contributed by atoms with Crippen LogP contribution in [0.1, 0.15) is 24.9 Å². The number of hydrogen-bond acceptors (Lipinski definition) is 4. The number of piperazine rings is 1. The summed E-state index contributed by atoms with van der Waals surface area (Å²) in [7, 11) is 0. The summed E-state index contributed by atoms with van der Waals surface area (Å²) >= 11 is 1.75. The van der Waals surface area contributed by atoms with Crippen molar-refractivity contribution in [3.8, 4) is 0 Å². The number of thiazole rings is 1. The molecule has 1 N–H and O–H groups in total. The highest BCUT2D eigenvalue weighted by Crippen LogP contribution is 2.22. The van der Waals surface area contributed by atoms with Crippen LogP contribution in [0.5, 0.6) is 0 Å². The fraction of sp³-hybridized carbons (Fsp3) is 0.700. The van der Waals surface area contributed by atoms with E-state index < -0.39 is 0 Å². The van der Waals surface area contributed by atoms with E-state index >= 15 is 0 Å². The second kappa shape index (κ2) is 4.38. The molecule has 1 aliphatic heterocycles. The number of rotatable bonds is 2. The molecule has 78 valence electrons. The minimum absolute atomic E-state index is 0.472. The molecule has 2 rings (SSSR count). The minimum Gasteiger partial charge on any atom is -0.312 e. The Kier molecular flexibility index (Phi) is 3.15. The predicted octanol–water partition coefficient (Wildman–Crippen LogP) is 1.50. The lowest BCUT2D eigenvalue weighted by Crippen LogP contribution is -2.49. The standard InChI is InChI=1S/C10H17N3S/c1-8-7-13(5-3-11-8)9(2)10-12-4-6-14-10/h4,6,8-9,11H,3,5,7H2,1-2H3/t8-,9-/m1/s1. The van der Waals surface area contributed by atoms with Crippen molar-refractivity contribution in [2.24, 2.45) is 0 Å². The monoisotopic (exact) mass is 211 g/mol. The average Bonchev–Trinajstić information content (AvgIpc) is 2.69. The molecule has 0 spiro atoms. The van der Waals surface area contributed by atoms with Gasteiger partial charge in [-0.15, -0.1) is 11.3 Å². The molecule has 2 atom stereocenters. The first kappa shape index (κ1) is 10.1. The van der Waals surface area contributed by atoms with Crippen molar-refractivity contribution < 1.29 is 0 Å². The van der Waals surface area contributed by atoms with Gasteiger partial charge in [0.2, 0.25) is 0 Å². The maximum atomic E-state index is 4.37. The second-order valence-electron chi connectivity index (χ2n) is 3.90. The van der Waals surface area contributed by atoms with E-state index in [2.05, 4.69) is 34.4 Å². The van der Waals surface area contributed by atoms with Gasteiger partial charge in [0.25, 0.3) is 0 Å². The Labute approximate surface area is 89.1 Å². The van der Waals surface area contributed by atoms with Crippen molar-refractivity contribution in [1.29, 1.82) is 0 Å². The van der Waals surface area contributed by atoms with Crippen molar-refractivity contribution in [3.63, 3.8) is 0 Å². The number of nitrogens with zero attached hydrogens (tertiary/aromatic N) is 2. The molecule has 1 aromatic rings. The molecule has 14 heavy (non-hydrogen) atoms. The van der Waals surface area contributed by atoms with E-state index in [9.17, 15) is 0 Å². The fourth-order valence-electron chi connectivity index (χ4n) is 1.91. The molecular weight excluding hydrogens is 194 g/mol. The Morgan fingerprint density at radius 2 is 2.57 bits per heavy atom. The Balaban J connectivity index is 2.00. The molecule has 0 aromatic carbocycles. The van der Waals surface area contributed by atoms with Crippen LogP contribution in [-0.4, -0.2) is 35.6 Å². The molecule has 4 heteroatoms. The van der Waals surface area contributed by atoms with E-state index in [1.165, 1.54) is 5.01 Å². The molecule has 1 saturated heterocycles. The molecular formula is C10H17N3S. The zero-order valence-electron chi connectivity index (χ0n) is 8.73. The van der Waals surface area contributed by atoms with E-state index in [1.807, 2.05) is 6.20 Å². The third-order valence-corrected chi connectivity index (χ3v) is 3.70. The van der Waals surface area contributed by atoms with Gasteiger partial charge < -0.3 is 5.32 Å². The Bertz CT molecular complexity index is 273. The Morgan fingerprint density at radius 3 is 3.21 bits per heavy atom. The average molecular weight is 211 g/mol. The first-order chi connectivity index (χ1) is 6.77. The van der Waals surface area contributed by atoms with Crippen LogP contribution >= 0.6 is 11.3 Å². The topological polar surface area (TPSA) is 28.2 Å². The van der Waals surface area contributed by atoms with Crippen molar-refractivity contribution in [3.05, 3.63) is 16.6 Å². The minimum atomic E-state index is 0.472. The molecule has 0 unspecified atom stereocenters. The summed E-state index contributed by atoms with van der Waals surface area (Å²) in [5.74, 6) is 0. The van der Waals surface area contributed by atoms with Gasteiger partial charge in [0.05, 0.1) is 6.04 Å². The lowest BCUT2D eigenvalue weighted by Gasteiger charge is -2.35. The zero-order chi connectivity index (χ0) is 9.97. The second-order valence-corrected chi connectivity index (χ2v) is 4.82. The largest absolute Gasteiger partial charge is 0.312 e. The van der Waals surface area contributed by atoms with Crippen molar-refractivity contribution >= 4 is 11.3 Å². The first-order valence-corrected chi connectivity index (χ1v) is 6.02. The third kappa shape index (κ3) is 2.13. The van der Waals surface area contributed by atoms with E-state index in [0.717, 1.165) is 19.6 Å². The Morgan fingerprint density at radius 1 is 1.71 bits per heavy atom. The lowest BCUT2D eigenvalue weighted by molar-refractivity contribution is 0.158. The number of nitrogens with one attached hydrogen (secondary N) is 1. The van der Waals surface area contributed by atoms with Crippen molar-refractivity contribution in [2.45, 2.75) is 25.9 Å². The summed E-state index contributed by atoms with van der Waals surface area (Å²) in [6, 6.07) is 1.07. The molecule has 2 heterocycles. The van der Waals surface area contributed by atoms with Crippen LogP contribution in [-0.2, 0) is 0 Å². The van der Waals surface area contributed by atoms with Gasteiger partial charge in [-0.3, -0.25) is 4.90 Å². The predicted molar refractivity (Wildman–Crippen MR) is 59.6 cm³/mol. The van der Waals surface area contributed by atoms with E-state index in [0.29, 0.717) is 12.1 Å². The fourth-order valence-corrected chi connectivity index (χ4v) is 2.64. The van der Waals surface area contributed by atoms with Crippen molar-refractivity contribution in [1.82, 2.24) is 15.2 Å². The van der Waals surface area contributed by atoms with Crippen LogP contribution < -0.4 is 5.32 Å². The quantitative estimate of drug-likeness (QED) is 0.803.